The first kappa shape index (κ1) is 17.7. The van der Waals surface area contributed by atoms with Gasteiger partial charge in [-0.25, -0.2) is 8.78 Å². The van der Waals surface area contributed by atoms with Crippen molar-refractivity contribution in [2.45, 2.75) is 19.4 Å². The third-order valence-corrected chi connectivity index (χ3v) is 3.45. The van der Waals surface area contributed by atoms with Crippen LogP contribution in [0.15, 0.2) is 42.5 Å². The van der Waals surface area contributed by atoms with E-state index in [1.54, 1.807) is 19.1 Å². The molecule has 128 valence electrons. The van der Waals surface area contributed by atoms with Gasteiger partial charge in [-0.2, -0.15) is 0 Å². The van der Waals surface area contributed by atoms with Crippen LogP contribution in [0.5, 0.6) is 11.5 Å². The Balaban J connectivity index is 1.82. The van der Waals surface area contributed by atoms with Gasteiger partial charge in [-0.3, -0.25) is 4.79 Å². The summed E-state index contributed by atoms with van der Waals surface area (Å²) in [5, 5.41) is 2.76. The van der Waals surface area contributed by atoms with Crippen LogP contribution < -0.4 is 14.8 Å². The van der Waals surface area contributed by atoms with E-state index in [-0.39, 0.29) is 30.7 Å². The summed E-state index contributed by atoms with van der Waals surface area (Å²) in [4.78, 5) is 11.9. The molecule has 0 radical (unpaired) electrons. The molecule has 2 aromatic rings. The summed E-state index contributed by atoms with van der Waals surface area (Å²) in [5.41, 5.74) is 0.632. The first-order chi connectivity index (χ1) is 11.5. The largest absolute Gasteiger partial charge is 0.494 e. The number of rotatable bonds is 7. The minimum atomic E-state index is -0.481. The molecule has 6 heteroatoms. The van der Waals surface area contributed by atoms with Crippen LogP contribution in [0.2, 0.25) is 0 Å². The number of hydrogen-bond acceptors (Lipinski definition) is 3. The number of carbonyl (C=O) groups is 1. The van der Waals surface area contributed by atoms with Crippen molar-refractivity contribution in [1.29, 1.82) is 0 Å². The molecule has 2 aromatic carbocycles. The van der Waals surface area contributed by atoms with Crippen molar-refractivity contribution in [2.75, 3.05) is 13.7 Å². The number of nitrogens with one attached hydrogen (secondary N) is 1. The van der Waals surface area contributed by atoms with Crippen LogP contribution in [0.25, 0.3) is 0 Å². The van der Waals surface area contributed by atoms with Crippen molar-refractivity contribution in [1.82, 2.24) is 5.32 Å². The van der Waals surface area contributed by atoms with Gasteiger partial charge in [0.15, 0.2) is 11.6 Å². The summed E-state index contributed by atoms with van der Waals surface area (Å²) in [6.45, 7) is 1.88. The topological polar surface area (TPSA) is 47.6 Å². The highest BCUT2D eigenvalue weighted by Gasteiger charge is 2.12. The smallest absolute Gasteiger partial charge is 0.223 e. The summed E-state index contributed by atoms with van der Waals surface area (Å²) in [6, 6.07) is 9.89. The molecule has 1 N–H and O–H groups in total. The van der Waals surface area contributed by atoms with Gasteiger partial charge < -0.3 is 14.8 Å². The molecule has 24 heavy (non-hydrogen) atoms. The van der Waals surface area contributed by atoms with Gasteiger partial charge >= 0.3 is 0 Å². The summed E-state index contributed by atoms with van der Waals surface area (Å²) >= 11 is 0. The first-order valence-corrected chi connectivity index (χ1v) is 7.50. The maximum atomic E-state index is 13.7. The highest BCUT2D eigenvalue weighted by atomic mass is 19.1. The third kappa shape index (κ3) is 4.94. The lowest BCUT2D eigenvalue weighted by atomic mass is 10.1. The van der Waals surface area contributed by atoms with Crippen molar-refractivity contribution >= 4 is 5.91 Å². The van der Waals surface area contributed by atoms with Crippen LogP contribution in [-0.2, 0) is 4.79 Å². The lowest BCUT2D eigenvalue weighted by Gasteiger charge is -2.15. The highest BCUT2D eigenvalue weighted by molar-refractivity contribution is 5.76. The second-order valence-corrected chi connectivity index (χ2v) is 5.24. The number of ether oxygens (including phenoxy) is 2. The Labute approximate surface area is 139 Å². The monoisotopic (exact) mass is 335 g/mol. The quantitative estimate of drug-likeness (QED) is 0.841. The molecule has 0 aliphatic carbocycles. The number of amides is 1. The van der Waals surface area contributed by atoms with Crippen LogP contribution in [0.4, 0.5) is 8.78 Å². The Morgan fingerprint density at radius 2 is 2.00 bits per heavy atom. The van der Waals surface area contributed by atoms with Gasteiger partial charge in [-0.15, -0.1) is 0 Å². The summed E-state index contributed by atoms with van der Waals surface area (Å²) in [6.07, 6.45) is 0.111. The molecule has 1 amide bonds. The molecule has 4 nitrogen and oxygen atoms in total. The second kappa shape index (κ2) is 8.29. The van der Waals surface area contributed by atoms with E-state index in [0.29, 0.717) is 11.3 Å². The van der Waals surface area contributed by atoms with E-state index in [9.17, 15) is 13.6 Å². The minimum absolute atomic E-state index is 0.111. The summed E-state index contributed by atoms with van der Waals surface area (Å²) in [5.74, 6) is -0.596. The maximum absolute atomic E-state index is 13.7. The predicted molar refractivity (Wildman–Crippen MR) is 86.0 cm³/mol. The second-order valence-electron chi connectivity index (χ2n) is 5.24. The van der Waals surface area contributed by atoms with Gasteiger partial charge in [0.1, 0.15) is 11.6 Å². The number of halogens is 2. The molecular weight excluding hydrogens is 316 g/mol. The Bertz CT molecular complexity index is 706. The normalized spacial score (nSPS) is 11.7. The minimum Gasteiger partial charge on any atom is -0.494 e. The Morgan fingerprint density at radius 3 is 2.67 bits per heavy atom. The molecule has 2 rings (SSSR count). The number of carbonyl (C=O) groups excluding carboxylic acids is 1. The summed E-state index contributed by atoms with van der Waals surface area (Å²) in [7, 11) is 1.39. The summed E-state index contributed by atoms with van der Waals surface area (Å²) < 4.78 is 36.9. The van der Waals surface area contributed by atoms with E-state index in [1.807, 2.05) is 0 Å². The zero-order valence-corrected chi connectivity index (χ0v) is 13.5. The van der Waals surface area contributed by atoms with Crippen molar-refractivity contribution in [3.05, 3.63) is 59.7 Å². The van der Waals surface area contributed by atoms with Crippen molar-refractivity contribution in [3.63, 3.8) is 0 Å². The van der Waals surface area contributed by atoms with Crippen molar-refractivity contribution < 1.29 is 23.0 Å². The van der Waals surface area contributed by atoms with E-state index >= 15 is 0 Å². The molecule has 0 aliphatic heterocycles. The standard InChI is InChI=1S/C18H19F2NO3/c1-12(13-6-7-17(23-2)16(20)10-13)21-18(22)8-9-24-15-5-3-4-14(19)11-15/h3-7,10-12H,8-9H2,1-2H3,(H,21,22)/t12-/m1/s1. The Hall–Kier alpha value is -2.63. The molecule has 0 heterocycles. The zero-order valence-electron chi connectivity index (χ0n) is 13.5. The fourth-order valence-corrected chi connectivity index (χ4v) is 2.17. The van der Waals surface area contributed by atoms with Crippen molar-refractivity contribution in [3.8, 4) is 11.5 Å². The van der Waals surface area contributed by atoms with E-state index in [4.69, 9.17) is 9.47 Å². The van der Waals surface area contributed by atoms with Gasteiger partial charge in [0.25, 0.3) is 0 Å². The van der Waals surface area contributed by atoms with Gasteiger partial charge in [0.2, 0.25) is 5.91 Å². The van der Waals surface area contributed by atoms with Crippen molar-refractivity contribution in [2.24, 2.45) is 0 Å². The lowest BCUT2D eigenvalue weighted by molar-refractivity contribution is -0.122. The van der Waals surface area contributed by atoms with Crippen LogP contribution in [-0.4, -0.2) is 19.6 Å². The molecule has 0 bridgehead atoms. The first-order valence-electron chi connectivity index (χ1n) is 7.50. The van der Waals surface area contributed by atoms with E-state index in [2.05, 4.69) is 5.32 Å². The molecule has 0 spiro atoms. The van der Waals surface area contributed by atoms with Crippen LogP contribution >= 0.6 is 0 Å². The van der Waals surface area contributed by atoms with E-state index in [1.165, 1.54) is 37.4 Å². The van der Waals surface area contributed by atoms with Gasteiger partial charge in [-0.05, 0) is 36.8 Å². The van der Waals surface area contributed by atoms with Gasteiger partial charge in [0.05, 0.1) is 26.2 Å². The average Bonchev–Trinajstić information content (AvgIpc) is 2.54. The molecule has 0 saturated heterocycles. The predicted octanol–water partition coefficient (Wildman–Crippen LogP) is 3.62. The van der Waals surface area contributed by atoms with Crippen LogP contribution in [0.3, 0.4) is 0 Å². The molecule has 0 saturated carbocycles. The Kier molecular flexibility index (Phi) is 6.12. The lowest BCUT2D eigenvalue weighted by Crippen LogP contribution is -2.27. The third-order valence-electron chi connectivity index (χ3n) is 3.45. The maximum Gasteiger partial charge on any atom is 0.223 e. The van der Waals surface area contributed by atoms with E-state index < -0.39 is 11.6 Å². The fourth-order valence-electron chi connectivity index (χ4n) is 2.17. The number of benzene rings is 2. The SMILES string of the molecule is COc1ccc([C@@H](C)NC(=O)CCOc2cccc(F)c2)cc1F. The molecule has 0 fully saturated rings. The van der Waals surface area contributed by atoms with Gasteiger partial charge in [0, 0.05) is 6.07 Å². The number of hydrogen-bond donors (Lipinski definition) is 1. The molecule has 0 unspecified atom stereocenters. The van der Waals surface area contributed by atoms with Gasteiger partial charge in [-0.1, -0.05) is 12.1 Å². The fraction of sp³-hybridized carbons (Fsp3) is 0.278. The molecular formula is C18H19F2NO3. The highest BCUT2D eigenvalue weighted by Crippen LogP contribution is 2.21. The molecule has 0 aliphatic rings. The molecule has 1 atom stereocenters. The van der Waals surface area contributed by atoms with E-state index in [0.717, 1.165) is 0 Å². The average molecular weight is 335 g/mol. The number of methoxy groups -OCH3 is 1. The zero-order chi connectivity index (χ0) is 17.5. The van der Waals surface area contributed by atoms with Crippen LogP contribution in [0.1, 0.15) is 24.9 Å². The Morgan fingerprint density at radius 1 is 1.21 bits per heavy atom. The molecule has 0 aromatic heterocycles. The van der Waals surface area contributed by atoms with Crippen LogP contribution in [0, 0.1) is 11.6 Å².